The Morgan fingerprint density at radius 1 is 1.09 bits per heavy atom. The quantitative estimate of drug-likeness (QED) is 0.657. The molecule has 1 aromatic rings. The minimum Gasteiger partial charge on any atom is -0.314 e. The van der Waals surface area contributed by atoms with E-state index >= 15 is 0 Å². The number of non-ortho nitro benzene ring substituents is 1. The summed E-state index contributed by atoms with van der Waals surface area (Å²) < 4.78 is 0. The number of hydrogen-bond acceptors (Lipinski definition) is 4. The molecule has 0 spiro atoms. The van der Waals surface area contributed by atoms with E-state index in [2.05, 4.69) is 10.2 Å². The van der Waals surface area contributed by atoms with E-state index in [1.54, 1.807) is 12.1 Å². The van der Waals surface area contributed by atoms with Crippen LogP contribution in [0.1, 0.15) is 37.3 Å². The van der Waals surface area contributed by atoms with E-state index in [1.807, 2.05) is 12.1 Å². The zero-order chi connectivity index (χ0) is 14.7. The molecule has 23 heavy (non-hydrogen) atoms. The highest BCUT2D eigenvalue weighted by Gasteiger charge is 2.31. The maximum absolute atomic E-state index is 10.8. The first kappa shape index (κ1) is 20.2. The Bertz CT molecular complexity index is 487. The molecule has 0 aromatic heterocycles. The Morgan fingerprint density at radius 3 is 2.17 bits per heavy atom. The van der Waals surface area contributed by atoms with Crippen molar-refractivity contribution >= 4 is 30.5 Å². The van der Waals surface area contributed by atoms with Crippen LogP contribution in [-0.4, -0.2) is 36.0 Å². The van der Waals surface area contributed by atoms with Crippen molar-refractivity contribution in [2.75, 3.05) is 26.2 Å². The van der Waals surface area contributed by atoms with Crippen LogP contribution in [0.4, 0.5) is 5.69 Å². The number of halogens is 2. The Hall–Kier alpha value is -0.880. The second-order valence-corrected chi connectivity index (χ2v) is 6.12. The molecule has 1 aliphatic carbocycles. The number of hydrogen-bond donors (Lipinski definition) is 1. The molecule has 130 valence electrons. The lowest BCUT2D eigenvalue weighted by Crippen LogP contribution is -2.46. The molecule has 0 bridgehead atoms. The highest BCUT2D eigenvalue weighted by Crippen LogP contribution is 2.39. The zero-order valence-electron chi connectivity index (χ0n) is 13.1. The Balaban J connectivity index is 0.00000132. The maximum atomic E-state index is 10.8. The summed E-state index contributed by atoms with van der Waals surface area (Å²) >= 11 is 0. The van der Waals surface area contributed by atoms with E-state index < -0.39 is 0 Å². The molecule has 1 aliphatic heterocycles. The first-order chi connectivity index (χ1) is 10.3. The molecule has 1 saturated heterocycles. The van der Waals surface area contributed by atoms with Crippen molar-refractivity contribution in [2.45, 2.75) is 31.7 Å². The van der Waals surface area contributed by atoms with Gasteiger partial charge in [-0.1, -0.05) is 25.0 Å². The third kappa shape index (κ3) is 4.80. The topological polar surface area (TPSA) is 58.4 Å². The van der Waals surface area contributed by atoms with Gasteiger partial charge in [0.25, 0.3) is 5.69 Å². The van der Waals surface area contributed by atoms with E-state index in [-0.39, 0.29) is 35.4 Å². The van der Waals surface area contributed by atoms with Crippen molar-refractivity contribution in [3.63, 3.8) is 0 Å². The first-order valence-electron chi connectivity index (χ1n) is 7.95. The largest absolute Gasteiger partial charge is 0.314 e. The average Bonchev–Trinajstić information content (AvgIpc) is 3.03. The van der Waals surface area contributed by atoms with Gasteiger partial charge in [-0.15, -0.1) is 24.8 Å². The fourth-order valence-electron chi connectivity index (χ4n) is 3.81. The van der Waals surface area contributed by atoms with E-state index in [4.69, 9.17) is 0 Å². The van der Waals surface area contributed by atoms with Gasteiger partial charge in [0.1, 0.15) is 0 Å². The third-order valence-corrected chi connectivity index (χ3v) is 4.84. The molecular formula is C16H25Cl2N3O2. The summed E-state index contributed by atoms with van der Waals surface area (Å²) in [6.45, 7) is 4.21. The molecule has 3 rings (SSSR count). The van der Waals surface area contributed by atoms with E-state index in [9.17, 15) is 10.1 Å². The average molecular weight is 362 g/mol. The summed E-state index contributed by atoms with van der Waals surface area (Å²) in [4.78, 5) is 13.1. The summed E-state index contributed by atoms with van der Waals surface area (Å²) in [6, 6.07) is 7.65. The summed E-state index contributed by atoms with van der Waals surface area (Å²) in [7, 11) is 0. The van der Waals surface area contributed by atoms with Crippen LogP contribution >= 0.6 is 24.8 Å². The molecular weight excluding hydrogens is 337 g/mol. The lowest BCUT2D eigenvalue weighted by Gasteiger charge is -2.38. The number of nitro benzene ring substituents is 1. The van der Waals surface area contributed by atoms with Crippen LogP contribution in [0.2, 0.25) is 0 Å². The number of nitrogens with one attached hydrogen (secondary N) is 1. The van der Waals surface area contributed by atoms with Crippen LogP contribution in [0.25, 0.3) is 0 Å². The smallest absolute Gasteiger partial charge is 0.269 e. The van der Waals surface area contributed by atoms with Gasteiger partial charge < -0.3 is 5.32 Å². The summed E-state index contributed by atoms with van der Waals surface area (Å²) in [5.74, 6) is 0.699. The van der Waals surface area contributed by atoms with Gasteiger partial charge in [-0.05, 0) is 24.3 Å². The van der Waals surface area contributed by atoms with Crippen molar-refractivity contribution in [3.05, 3.63) is 39.9 Å². The molecule has 2 fully saturated rings. The van der Waals surface area contributed by atoms with Gasteiger partial charge >= 0.3 is 0 Å². The standard InChI is InChI=1S/C16H23N3O2.2ClH/c20-19(21)15-7-5-14(6-8-15)16(13-3-1-2-4-13)18-11-9-17-10-12-18;;/h5-8,13,16-17H,1-4,9-12H2;2*1H/t16-;;/m1../s1. The van der Waals surface area contributed by atoms with Crippen molar-refractivity contribution in [3.8, 4) is 0 Å². The molecule has 0 amide bonds. The minimum absolute atomic E-state index is 0. The molecule has 1 heterocycles. The van der Waals surface area contributed by atoms with Gasteiger partial charge in [0.2, 0.25) is 0 Å². The molecule has 1 N–H and O–H groups in total. The molecule has 5 nitrogen and oxygen atoms in total. The highest BCUT2D eigenvalue weighted by atomic mass is 35.5. The monoisotopic (exact) mass is 361 g/mol. The molecule has 1 saturated carbocycles. The molecule has 1 aromatic carbocycles. The van der Waals surface area contributed by atoms with Crippen LogP contribution in [0, 0.1) is 16.0 Å². The number of nitro groups is 1. The lowest BCUT2D eigenvalue weighted by atomic mass is 9.89. The Labute approximate surface area is 149 Å². The number of rotatable bonds is 4. The lowest BCUT2D eigenvalue weighted by molar-refractivity contribution is -0.384. The van der Waals surface area contributed by atoms with Crippen LogP contribution < -0.4 is 5.32 Å². The second-order valence-electron chi connectivity index (χ2n) is 6.12. The first-order valence-corrected chi connectivity index (χ1v) is 7.95. The molecule has 1 atom stereocenters. The molecule has 0 unspecified atom stereocenters. The third-order valence-electron chi connectivity index (χ3n) is 4.84. The van der Waals surface area contributed by atoms with Crippen LogP contribution in [-0.2, 0) is 0 Å². The fraction of sp³-hybridized carbons (Fsp3) is 0.625. The van der Waals surface area contributed by atoms with Gasteiger partial charge in [0, 0.05) is 44.4 Å². The van der Waals surface area contributed by atoms with Crippen molar-refractivity contribution in [1.82, 2.24) is 10.2 Å². The highest BCUT2D eigenvalue weighted by molar-refractivity contribution is 5.85. The number of nitrogens with zero attached hydrogens (tertiary/aromatic N) is 2. The second kappa shape index (κ2) is 9.42. The SMILES string of the molecule is Cl.Cl.O=[N+]([O-])c1ccc([C@@H](C2CCCC2)N2CCNCC2)cc1. The van der Waals surface area contributed by atoms with Gasteiger partial charge in [-0.25, -0.2) is 0 Å². The van der Waals surface area contributed by atoms with Crippen LogP contribution in [0.3, 0.4) is 0 Å². The Kier molecular flexibility index (Phi) is 8.26. The van der Waals surface area contributed by atoms with Gasteiger partial charge in [0.15, 0.2) is 0 Å². The summed E-state index contributed by atoms with van der Waals surface area (Å²) in [5.41, 5.74) is 1.43. The van der Waals surface area contributed by atoms with Crippen molar-refractivity contribution < 1.29 is 4.92 Å². The number of piperazine rings is 1. The van der Waals surface area contributed by atoms with Crippen molar-refractivity contribution in [2.24, 2.45) is 5.92 Å². The molecule has 2 aliphatic rings. The van der Waals surface area contributed by atoms with Crippen LogP contribution in [0.5, 0.6) is 0 Å². The Morgan fingerprint density at radius 2 is 1.65 bits per heavy atom. The predicted molar refractivity (Wildman–Crippen MR) is 96.7 cm³/mol. The molecule has 0 radical (unpaired) electrons. The van der Waals surface area contributed by atoms with E-state index in [0.717, 1.165) is 26.2 Å². The van der Waals surface area contributed by atoms with E-state index in [1.165, 1.54) is 31.2 Å². The van der Waals surface area contributed by atoms with Gasteiger partial charge in [0.05, 0.1) is 4.92 Å². The van der Waals surface area contributed by atoms with Crippen molar-refractivity contribution in [1.29, 1.82) is 0 Å². The maximum Gasteiger partial charge on any atom is 0.269 e. The van der Waals surface area contributed by atoms with Gasteiger partial charge in [-0.3, -0.25) is 15.0 Å². The summed E-state index contributed by atoms with van der Waals surface area (Å²) in [5, 5.41) is 14.2. The zero-order valence-corrected chi connectivity index (χ0v) is 14.8. The van der Waals surface area contributed by atoms with Crippen LogP contribution in [0.15, 0.2) is 24.3 Å². The normalized spacial score (nSPS) is 20.3. The molecule has 7 heteroatoms. The van der Waals surface area contributed by atoms with Gasteiger partial charge in [-0.2, -0.15) is 0 Å². The predicted octanol–water partition coefficient (Wildman–Crippen LogP) is 3.57. The van der Waals surface area contributed by atoms with E-state index in [0.29, 0.717) is 12.0 Å². The number of benzene rings is 1. The fourth-order valence-corrected chi connectivity index (χ4v) is 3.81. The minimum atomic E-state index is -0.320. The summed E-state index contributed by atoms with van der Waals surface area (Å²) in [6.07, 6.45) is 5.21.